The third-order valence-electron chi connectivity index (χ3n) is 6.42. The summed E-state index contributed by atoms with van der Waals surface area (Å²) in [6.07, 6.45) is 5.71. The molecule has 204 valence electrons. The molecule has 2 aromatic rings. The average molecular weight is 528 g/mol. The summed E-state index contributed by atoms with van der Waals surface area (Å²) < 4.78 is 46.0. The van der Waals surface area contributed by atoms with Crippen LogP contribution in [0.25, 0.3) is 11.6 Å². The molecule has 3 rings (SSSR count). The monoisotopic (exact) mass is 527 g/mol. The molecule has 38 heavy (non-hydrogen) atoms. The van der Waals surface area contributed by atoms with E-state index in [2.05, 4.69) is 18.8 Å². The first-order valence-electron chi connectivity index (χ1n) is 12.7. The number of carbonyl (C=O) groups is 1. The molecule has 0 fully saturated rings. The maximum Gasteiger partial charge on any atom is 0.328 e. The molecule has 0 bridgehead atoms. The second-order valence-electron chi connectivity index (χ2n) is 10.8. The zero-order valence-electron chi connectivity index (χ0n) is 22.5. The predicted octanol–water partition coefficient (Wildman–Crippen LogP) is 6.17. The van der Waals surface area contributed by atoms with Gasteiger partial charge in [0.1, 0.15) is 17.3 Å². The number of alkyl halides is 1. The summed E-state index contributed by atoms with van der Waals surface area (Å²) in [4.78, 5) is 17.1. The van der Waals surface area contributed by atoms with Crippen LogP contribution in [0.1, 0.15) is 68.5 Å². The zero-order chi connectivity index (χ0) is 28.2. The lowest BCUT2D eigenvalue weighted by Crippen LogP contribution is -2.48. The summed E-state index contributed by atoms with van der Waals surface area (Å²) in [6, 6.07) is 6.71. The first kappa shape index (κ1) is 29.2. The molecule has 2 aromatic carbocycles. The van der Waals surface area contributed by atoms with Gasteiger partial charge in [0.05, 0.1) is 6.04 Å². The maximum absolute atomic E-state index is 15.5. The topological polar surface area (TPSA) is 78.9 Å². The average Bonchev–Trinajstić information content (AvgIpc) is 2.80. The van der Waals surface area contributed by atoms with Crippen LogP contribution in [0.15, 0.2) is 47.6 Å². The summed E-state index contributed by atoms with van der Waals surface area (Å²) in [5.41, 5.74) is 7.30. The molecule has 1 heterocycles. The molecule has 0 spiro atoms. The molecule has 1 aliphatic rings. The largest absolute Gasteiger partial charge is 0.478 e. The quantitative estimate of drug-likeness (QED) is 0.302. The fraction of sp³-hybridized carbons (Fsp3) is 0.400. The fourth-order valence-corrected chi connectivity index (χ4v) is 4.80. The minimum atomic E-state index is -1.61. The van der Waals surface area contributed by atoms with Gasteiger partial charge in [-0.05, 0) is 73.6 Å². The summed E-state index contributed by atoms with van der Waals surface area (Å²) >= 11 is 0. The maximum atomic E-state index is 15.5. The molecule has 0 saturated carbocycles. The Labute approximate surface area is 222 Å². The van der Waals surface area contributed by atoms with Gasteiger partial charge in [0.25, 0.3) is 0 Å². The molecular weight excluding hydrogens is 491 g/mol. The van der Waals surface area contributed by atoms with Gasteiger partial charge in [-0.15, -0.1) is 0 Å². The highest BCUT2D eigenvalue weighted by Gasteiger charge is 2.39. The summed E-state index contributed by atoms with van der Waals surface area (Å²) in [6.45, 7) is 9.56. The molecule has 8 heteroatoms. The highest BCUT2D eigenvalue weighted by atomic mass is 19.1. The van der Waals surface area contributed by atoms with E-state index < -0.39 is 29.3 Å². The second kappa shape index (κ2) is 12.0. The Balaban J connectivity index is 2.14. The predicted molar refractivity (Wildman–Crippen MR) is 147 cm³/mol. The van der Waals surface area contributed by atoms with E-state index in [1.54, 1.807) is 11.1 Å². The second-order valence-corrected chi connectivity index (χ2v) is 10.8. The Morgan fingerprint density at radius 3 is 2.45 bits per heavy atom. The van der Waals surface area contributed by atoms with Gasteiger partial charge in [-0.2, -0.15) is 0 Å². The lowest BCUT2D eigenvalue weighted by atomic mass is 9.82. The first-order chi connectivity index (χ1) is 17.8. The SMILES string of the molecule is CC(C)CN=CC(=CN)c1ccc2c(c1)CC(C)N(CC(C)(C)F)C2c1c(F)cc(/C=C/C(=O)O)cc1F. The molecule has 2 atom stereocenters. The van der Waals surface area contributed by atoms with Gasteiger partial charge in [0.15, 0.2) is 0 Å². The van der Waals surface area contributed by atoms with Crippen LogP contribution >= 0.6 is 0 Å². The Kier molecular flexibility index (Phi) is 9.20. The van der Waals surface area contributed by atoms with E-state index in [1.165, 1.54) is 20.0 Å². The first-order valence-corrected chi connectivity index (χ1v) is 12.7. The van der Waals surface area contributed by atoms with Crippen LogP contribution in [-0.2, 0) is 11.2 Å². The number of carboxylic acid groups (broad SMARTS) is 1. The van der Waals surface area contributed by atoms with Crippen molar-refractivity contribution in [2.24, 2.45) is 16.6 Å². The molecule has 1 aliphatic heterocycles. The molecular formula is C30H36F3N3O2. The van der Waals surface area contributed by atoms with Gasteiger partial charge in [0, 0.05) is 48.8 Å². The van der Waals surface area contributed by atoms with Gasteiger partial charge in [-0.3, -0.25) is 9.89 Å². The van der Waals surface area contributed by atoms with Crippen molar-refractivity contribution in [1.82, 2.24) is 4.90 Å². The van der Waals surface area contributed by atoms with E-state index in [1.807, 2.05) is 25.1 Å². The number of rotatable bonds is 9. The highest BCUT2D eigenvalue weighted by Crippen LogP contribution is 2.42. The molecule has 3 N–H and O–H groups in total. The van der Waals surface area contributed by atoms with Crippen LogP contribution in [0.5, 0.6) is 0 Å². The molecule has 0 aliphatic carbocycles. The van der Waals surface area contributed by atoms with E-state index in [9.17, 15) is 9.18 Å². The Morgan fingerprint density at radius 1 is 1.24 bits per heavy atom. The molecule has 0 aromatic heterocycles. The lowest BCUT2D eigenvalue weighted by Gasteiger charge is -2.44. The number of benzene rings is 2. The molecule has 0 radical (unpaired) electrons. The third kappa shape index (κ3) is 7.13. The zero-order valence-corrected chi connectivity index (χ0v) is 22.5. The van der Waals surface area contributed by atoms with Gasteiger partial charge < -0.3 is 10.8 Å². The number of aliphatic carboxylic acids is 1. The third-order valence-corrected chi connectivity index (χ3v) is 6.42. The number of halogens is 3. The minimum absolute atomic E-state index is 0.0324. The van der Waals surface area contributed by atoms with Crippen molar-refractivity contribution in [3.05, 3.63) is 82.1 Å². The van der Waals surface area contributed by atoms with Crippen LogP contribution in [0.4, 0.5) is 13.2 Å². The van der Waals surface area contributed by atoms with Gasteiger partial charge >= 0.3 is 5.97 Å². The number of nitrogens with two attached hydrogens (primary N) is 1. The minimum Gasteiger partial charge on any atom is -0.478 e. The standard InChI is InChI=1S/C30H36F3N3O2/c1-18(2)15-35-16-23(14-34)21-7-8-24-22(13-21)10-19(3)36(17-30(4,5)33)29(24)28-25(31)11-20(12-26(28)32)6-9-27(37)38/h6-9,11-14,16,18-19,29H,10,15,17,34H2,1-5H3,(H,37,38)/b9-6+,23-14?,35-16?. The number of hydrogen-bond acceptors (Lipinski definition) is 4. The summed E-state index contributed by atoms with van der Waals surface area (Å²) in [5, 5.41) is 8.87. The van der Waals surface area contributed by atoms with Crippen LogP contribution in [0.3, 0.4) is 0 Å². The van der Waals surface area contributed by atoms with E-state index in [0.29, 0.717) is 24.4 Å². The van der Waals surface area contributed by atoms with Gasteiger partial charge in [-0.1, -0.05) is 32.0 Å². The number of carboxylic acids is 1. The highest BCUT2D eigenvalue weighted by molar-refractivity contribution is 6.09. The fourth-order valence-electron chi connectivity index (χ4n) is 4.80. The van der Waals surface area contributed by atoms with Crippen LogP contribution in [0, 0.1) is 17.6 Å². The van der Waals surface area contributed by atoms with Crippen molar-refractivity contribution in [3.63, 3.8) is 0 Å². The van der Waals surface area contributed by atoms with Gasteiger partial charge in [-0.25, -0.2) is 18.0 Å². The summed E-state index contributed by atoms with van der Waals surface area (Å²) in [5.74, 6) is -2.47. The molecule has 0 saturated heterocycles. The van der Waals surface area contributed by atoms with Gasteiger partial charge in [0.2, 0.25) is 0 Å². The van der Waals surface area contributed by atoms with E-state index in [0.717, 1.165) is 41.0 Å². The van der Waals surface area contributed by atoms with E-state index >= 15 is 8.78 Å². The molecule has 2 unspecified atom stereocenters. The number of nitrogens with zero attached hydrogens (tertiary/aromatic N) is 2. The van der Waals surface area contributed by atoms with E-state index in [4.69, 9.17) is 10.8 Å². The van der Waals surface area contributed by atoms with Crippen molar-refractivity contribution in [2.45, 2.75) is 58.8 Å². The van der Waals surface area contributed by atoms with Crippen molar-refractivity contribution in [2.75, 3.05) is 13.1 Å². The lowest BCUT2D eigenvalue weighted by molar-refractivity contribution is -0.131. The van der Waals surface area contributed by atoms with E-state index in [-0.39, 0.29) is 23.7 Å². The number of allylic oxidation sites excluding steroid dienone is 1. The summed E-state index contributed by atoms with van der Waals surface area (Å²) in [7, 11) is 0. The normalized spacial score (nSPS) is 19.0. The van der Waals surface area contributed by atoms with Crippen molar-refractivity contribution >= 4 is 23.8 Å². The van der Waals surface area contributed by atoms with Crippen molar-refractivity contribution in [1.29, 1.82) is 0 Å². The Hall–Kier alpha value is -3.39. The Bertz CT molecular complexity index is 1240. The Morgan fingerprint density at radius 2 is 1.89 bits per heavy atom. The molecule has 5 nitrogen and oxygen atoms in total. The van der Waals surface area contributed by atoms with Crippen molar-refractivity contribution in [3.8, 4) is 0 Å². The number of hydrogen-bond donors (Lipinski definition) is 2. The van der Waals surface area contributed by atoms with Crippen LogP contribution in [-0.4, -0.2) is 47.0 Å². The van der Waals surface area contributed by atoms with Crippen LogP contribution in [0.2, 0.25) is 0 Å². The number of aliphatic imine (C=N–C) groups is 1. The molecule has 0 amide bonds. The van der Waals surface area contributed by atoms with Crippen LogP contribution < -0.4 is 5.73 Å². The van der Waals surface area contributed by atoms with Crippen molar-refractivity contribution < 1.29 is 23.1 Å². The number of fused-ring (bicyclic) bond motifs is 1. The smallest absolute Gasteiger partial charge is 0.328 e.